The van der Waals surface area contributed by atoms with E-state index in [1.54, 1.807) is 0 Å². The second-order valence-electron chi connectivity index (χ2n) is 5.44. The molecule has 0 unspecified atom stereocenters. The number of rotatable bonds is 4. The Kier molecular flexibility index (Phi) is 12.3. The minimum atomic E-state index is 0.560. The van der Waals surface area contributed by atoms with Crippen LogP contribution in [0.4, 0.5) is 0 Å². The Morgan fingerprint density at radius 2 is 1.38 bits per heavy atom. The van der Waals surface area contributed by atoms with Gasteiger partial charge < -0.3 is 0 Å². The highest BCUT2D eigenvalue weighted by molar-refractivity contribution is 5.61. The fourth-order valence-electron chi connectivity index (χ4n) is 2.66. The maximum atomic E-state index is 3.98. The lowest BCUT2D eigenvalue weighted by Crippen LogP contribution is -2.05. The molecule has 0 spiro atoms. The number of hydrogen-bond donors (Lipinski definition) is 0. The molecule has 0 aliphatic rings. The molecular formula is C21H38. The van der Waals surface area contributed by atoms with Gasteiger partial charge in [-0.25, -0.2) is 0 Å². The number of benzene rings is 1. The Bertz CT molecular complexity index is 409. The van der Waals surface area contributed by atoms with Crippen LogP contribution in [0.2, 0.25) is 0 Å². The minimum Gasteiger partial charge on any atom is -0.0984 e. The summed E-state index contributed by atoms with van der Waals surface area (Å²) in [6, 6.07) is 2.40. The second kappa shape index (κ2) is 11.6. The van der Waals surface area contributed by atoms with Crippen LogP contribution in [0.1, 0.15) is 102 Å². The van der Waals surface area contributed by atoms with E-state index in [0.717, 1.165) is 6.42 Å². The summed E-state index contributed by atoms with van der Waals surface area (Å²) in [6.07, 6.45) is 3.13. The zero-order valence-corrected chi connectivity index (χ0v) is 16.2. The Labute approximate surface area is 134 Å². The van der Waals surface area contributed by atoms with E-state index in [1.165, 1.54) is 27.8 Å². The van der Waals surface area contributed by atoms with Gasteiger partial charge in [0, 0.05) is 0 Å². The second-order valence-corrected chi connectivity index (χ2v) is 5.44. The van der Waals surface area contributed by atoms with Gasteiger partial charge in [0.05, 0.1) is 0 Å². The van der Waals surface area contributed by atoms with Crippen molar-refractivity contribution < 1.29 is 0 Å². The van der Waals surface area contributed by atoms with Gasteiger partial charge in [-0.05, 0) is 53.0 Å². The average Bonchev–Trinajstić information content (AvgIpc) is 2.49. The molecule has 0 aliphatic carbocycles. The van der Waals surface area contributed by atoms with E-state index in [-0.39, 0.29) is 0 Å². The van der Waals surface area contributed by atoms with Gasteiger partial charge in [0.25, 0.3) is 0 Å². The van der Waals surface area contributed by atoms with Gasteiger partial charge >= 0.3 is 0 Å². The highest BCUT2D eigenvalue weighted by Crippen LogP contribution is 2.32. The largest absolute Gasteiger partial charge is 0.0984 e. The highest BCUT2D eigenvalue weighted by atomic mass is 14.2. The van der Waals surface area contributed by atoms with Gasteiger partial charge in [-0.2, -0.15) is 0 Å². The molecule has 0 N–H and O–H groups in total. The Balaban J connectivity index is 0. The fraction of sp³-hybridized carbons (Fsp3) is 0.619. The standard InChI is InChI=1S/C17H26.2C2H6/c1-8-14-13(7)15(9-2)17(12(5)6)10-16(14)11(3)4;2*1-2/h8,10-12H,1,9H2,2-7H3;2*1-2H3. The third-order valence-electron chi connectivity index (χ3n) is 3.63. The summed E-state index contributed by atoms with van der Waals surface area (Å²) in [6.45, 7) is 25.6. The summed E-state index contributed by atoms with van der Waals surface area (Å²) in [5.41, 5.74) is 7.25. The van der Waals surface area contributed by atoms with Crippen molar-refractivity contribution in [1.29, 1.82) is 0 Å². The predicted molar refractivity (Wildman–Crippen MR) is 102 cm³/mol. The first-order valence-electron chi connectivity index (χ1n) is 8.72. The van der Waals surface area contributed by atoms with Gasteiger partial charge in [-0.3, -0.25) is 0 Å². The van der Waals surface area contributed by atoms with Gasteiger partial charge in [0.1, 0.15) is 0 Å². The zero-order chi connectivity index (χ0) is 17.2. The van der Waals surface area contributed by atoms with Crippen LogP contribution in [0.25, 0.3) is 6.08 Å². The molecule has 0 aliphatic heterocycles. The van der Waals surface area contributed by atoms with Crippen molar-refractivity contribution in [2.24, 2.45) is 0 Å². The summed E-state index contributed by atoms with van der Waals surface area (Å²) in [4.78, 5) is 0. The lowest BCUT2D eigenvalue weighted by molar-refractivity contribution is 0.811. The molecule has 21 heavy (non-hydrogen) atoms. The molecule has 122 valence electrons. The SMILES string of the molecule is C=Cc1c(C(C)C)cc(C(C)C)c(CC)c1C.CC.CC. The summed E-state index contributed by atoms with van der Waals surface area (Å²) in [5.74, 6) is 1.16. The van der Waals surface area contributed by atoms with Crippen LogP contribution in [0.15, 0.2) is 12.6 Å². The minimum absolute atomic E-state index is 0.560. The van der Waals surface area contributed by atoms with Crippen LogP contribution >= 0.6 is 0 Å². The lowest BCUT2D eigenvalue weighted by atomic mass is 9.83. The van der Waals surface area contributed by atoms with Crippen LogP contribution in [-0.2, 0) is 6.42 Å². The Morgan fingerprint density at radius 1 is 0.952 bits per heavy atom. The smallest absolute Gasteiger partial charge is 0.0196 e. The van der Waals surface area contributed by atoms with E-state index in [9.17, 15) is 0 Å². The highest BCUT2D eigenvalue weighted by Gasteiger charge is 2.15. The van der Waals surface area contributed by atoms with Crippen molar-refractivity contribution in [1.82, 2.24) is 0 Å². The maximum Gasteiger partial charge on any atom is -0.0196 e. The first kappa shape index (κ1) is 22.2. The molecule has 0 nitrogen and oxygen atoms in total. The van der Waals surface area contributed by atoms with Crippen molar-refractivity contribution in [3.05, 3.63) is 40.5 Å². The van der Waals surface area contributed by atoms with Crippen molar-refractivity contribution in [3.63, 3.8) is 0 Å². The van der Waals surface area contributed by atoms with Gasteiger partial charge in [-0.15, -0.1) is 0 Å². The van der Waals surface area contributed by atoms with Crippen LogP contribution in [0.5, 0.6) is 0 Å². The first-order chi connectivity index (χ1) is 9.93. The predicted octanol–water partition coefficient (Wildman–Crippen LogP) is 7.50. The van der Waals surface area contributed by atoms with E-state index in [1.807, 2.05) is 33.8 Å². The molecule has 0 radical (unpaired) electrons. The molecule has 0 heterocycles. The maximum absolute atomic E-state index is 3.98. The molecule has 0 atom stereocenters. The van der Waals surface area contributed by atoms with Crippen LogP contribution in [0.3, 0.4) is 0 Å². The van der Waals surface area contributed by atoms with Crippen molar-refractivity contribution >= 4 is 6.08 Å². The monoisotopic (exact) mass is 290 g/mol. The quantitative estimate of drug-likeness (QED) is 0.538. The topological polar surface area (TPSA) is 0 Å². The zero-order valence-electron chi connectivity index (χ0n) is 16.2. The van der Waals surface area contributed by atoms with Crippen LogP contribution < -0.4 is 0 Å². The third-order valence-corrected chi connectivity index (χ3v) is 3.63. The molecule has 0 amide bonds. The Morgan fingerprint density at radius 3 is 1.67 bits per heavy atom. The summed E-state index contributed by atoms with van der Waals surface area (Å²) in [7, 11) is 0. The van der Waals surface area contributed by atoms with E-state index < -0.39 is 0 Å². The van der Waals surface area contributed by atoms with Gasteiger partial charge in [0.2, 0.25) is 0 Å². The van der Waals surface area contributed by atoms with E-state index in [2.05, 4.69) is 54.2 Å². The molecule has 1 aromatic carbocycles. The molecule has 0 aromatic heterocycles. The molecule has 0 saturated heterocycles. The third kappa shape index (κ3) is 5.69. The molecule has 1 rings (SSSR count). The van der Waals surface area contributed by atoms with Crippen molar-refractivity contribution in [2.45, 2.75) is 87.5 Å². The summed E-state index contributed by atoms with van der Waals surface area (Å²) >= 11 is 0. The normalized spacial score (nSPS) is 9.71. The molecule has 0 saturated carbocycles. The average molecular weight is 291 g/mol. The molecule has 0 heteroatoms. The summed E-state index contributed by atoms with van der Waals surface area (Å²) < 4.78 is 0. The molecule has 1 aromatic rings. The van der Waals surface area contributed by atoms with E-state index >= 15 is 0 Å². The van der Waals surface area contributed by atoms with Crippen molar-refractivity contribution in [2.75, 3.05) is 0 Å². The first-order valence-corrected chi connectivity index (χ1v) is 8.72. The Hall–Kier alpha value is -1.04. The molecular weight excluding hydrogens is 252 g/mol. The van der Waals surface area contributed by atoms with E-state index in [4.69, 9.17) is 0 Å². The van der Waals surface area contributed by atoms with Gasteiger partial charge in [-0.1, -0.05) is 81.0 Å². The summed E-state index contributed by atoms with van der Waals surface area (Å²) in [5, 5.41) is 0. The lowest BCUT2D eigenvalue weighted by Gasteiger charge is -2.22. The van der Waals surface area contributed by atoms with Crippen LogP contribution in [0, 0.1) is 6.92 Å². The van der Waals surface area contributed by atoms with Crippen LogP contribution in [-0.4, -0.2) is 0 Å². The van der Waals surface area contributed by atoms with Gasteiger partial charge in [0.15, 0.2) is 0 Å². The fourth-order valence-corrected chi connectivity index (χ4v) is 2.66. The molecule has 0 bridgehead atoms. The van der Waals surface area contributed by atoms with E-state index in [0.29, 0.717) is 11.8 Å². The molecule has 0 fully saturated rings. The van der Waals surface area contributed by atoms with Crippen molar-refractivity contribution in [3.8, 4) is 0 Å². The number of hydrogen-bond acceptors (Lipinski definition) is 0.